The molecule has 0 radical (unpaired) electrons. The molecule has 2 fully saturated rings. The Morgan fingerprint density at radius 3 is 3.00 bits per heavy atom. The van der Waals surface area contributed by atoms with E-state index in [1.807, 2.05) is 11.0 Å². The predicted octanol–water partition coefficient (Wildman–Crippen LogP) is 0.399. The molecule has 1 N–H and O–H groups in total. The summed E-state index contributed by atoms with van der Waals surface area (Å²) in [6, 6.07) is 8.37. The second-order valence-electron chi connectivity index (χ2n) is 5.91. The first-order valence-corrected chi connectivity index (χ1v) is 7.47. The molecule has 0 saturated carbocycles. The van der Waals surface area contributed by atoms with Gasteiger partial charge in [0.1, 0.15) is 6.61 Å². The molecule has 2 atom stereocenters. The highest BCUT2D eigenvalue weighted by Crippen LogP contribution is 2.25. The number of ether oxygens (including phenoxy) is 1. The number of hydrogen-bond acceptors (Lipinski definition) is 4. The quantitative estimate of drug-likeness (QED) is 0.872. The second kappa shape index (κ2) is 6.13. The molecule has 0 spiro atoms. The number of fused-ring (bicyclic) bond motifs is 1. The van der Waals surface area contributed by atoms with Gasteiger partial charge >= 0.3 is 0 Å². The van der Waals surface area contributed by atoms with Gasteiger partial charge in [-0.15, -0.1) is 0 Å². The summed E-state index contributed by atoms with van der Waals surface area (Å²) in [6.07, 6.45) is 0.0686. The number of nitrogens with zero attached hydrogens (tertiary/aromatic N) is 2. The molecule has 5 heteroatoms. The number of carbonyl (C=O) groups excluding carboxylic acids is 1. The highest BCUT2D eigenvalue weighted by atomic mass is 16.5. The summed E-state index contributed by atoms with van der Waals surface area (Å²) in [5.74, 6) is 0.0589. The lowest BCUT2D eigenvalue weighted by molar-refractivity contribution is -0.153. The highest BCUT2D eigenvalue weighted by Gasteiger charge is 2.42. The van der Waals surface area contributed by atoms with E-state index in [0.717, 1.165) is 18.7 Å². The summed E-state index contributed by atoms with van der Waals surface area (Å²) >= 11 is 0. The van der Waals surface area contributed by atoms with E-state index in [0.29, 0.717) is 13.1 Å². The van der Waals surface area contributed by atoms with Gasteiger partial charge in [-0.2, -0.15) is 0 Å². The number of likely N-dealkylation sites (tertiary alicyclic amines) is 1. The molecule has 0 bridgehead atoms. The number of morpholine rings is 1. The molecule has 21 heavy (non-hydrogen) atoms. The van der Waals surface area contributed by atoms with Crippen molar-refractivity contribution in [2.75, 3.05) is 32.8 Å². The Kier molecular flexibility index (Phi) is 4.24. The average Bonchev–Trinajstić information content (AvgIpc) is 2.86. The van der Waals surface area contributed by atoms with E-state index in [9.17, 15) is 4.79 Å². The van der Waals surface area contributed by atoms with Crippen LogP contribution < -0.4 is 0 Å². The van der Waals surface area contributed by atoms with Crippen LogP contribution in [-0.4, -0.2) is 65.8 Å². The van der Waals surface area contributed by atoms with Crippen molar-refractivity contribution >= 4 is 5.91 Å². The zero-order valence-corrected chi connectivity index (χ0v) is 12.4. The molecule has 0 unspecified atom stereocenters. The Morgan fingerprint density at radius 1 is 1.38 bits per heavy atom. The molecule has 1 aromatic rings. The van der Waals surface area contributed by atoms with Crippen molar-refractivity contribution in [1.82, 2.24) is 9.80 Å². The third-order valence-electron chi connectivity index (χ3n) is 4.31. The highest BCUT2D eigenvalue weighted by molar-refractivity contribution is 5.78. The van der Waals surface area contributed by atoms with E-state index in [4.69, 9.17) is 9.84 Å². The number of rotatable bonds is 4. The van der Waals surface area contributed by atoms with Crippen LogP contribution in [0.15, 0.2) is 24.3 Å². The monoisotopic (exact) mass is 290 g/mol. The van der Waals surface area contributed by atoms with Crippen LogP contribution in [0.4, 0.5) is 0 Å². The minimum absolute atomic E-state index is 0.0589. The molecule has 1 aromatic carbocycles. The van der Waals surface area contributed by atoms with Crippen LogP contribution in [0.2, 0.25) is 0 Å². The minimum Gasteiger partial charge on any atom is -0.395 e. The fourth-order valence-corrected chi connectivity index (χ4v) is 3.28. The summed E-state index contributed by atoms with van der Waals surface area (Å²) < 4.78 is 5.67. The summed E-state index contributed by atoms with van der Waals surface area (Å²) in [7, 11) is 0. The second-order valence-corrected chi connectivity index (χ2v) is 5.91. The van der Waals surface area contributed by atoms with Gasteiger partial charge in [0, 0.05) is 26.2 Å². The first-order chi connectivity index (χ1) is 10.2. The Labute approximate surface area is 125 Å². The van der Waals surface area contributed by atoms with E-state index < -0.39 is 0 Å². The van der Waals surface area contributed by atoms with Crippen molar-refractivity contribution in [1.29, 1.82) is 0 Å². The third-order valence-corrected chi connectivity index (χ3v) is 4.31. The van der Waals surface area contributed by atoms with Crippen LogP contribution in [0.25, 0.3) is 0 Å². The maximum absolute atomic E-state index is 12.2. The zero-order valence-electron chi connectivity index (χ0n) is 12.4. The number of carbonyl (C=O) groups is 1. The van der Waals surface area contributed by atoms with Crippen molar-refractivity contribution in [3.8, 4) is 0 Å². The Hall–Kier alpha value is -1.43. The lowest BCUT2D eigenvalue weighted by Gasteiger charge is -2.36. The molecule has 0 aromatic heterocycles. The van der Waals surface area contributed by atoms with Gasteiger partial charge in [-0.25, -0.2) is 0 Å². The molecule has 2 aliphatic heterocycles. The van der Waals surface area contributed by atoms with Crippen molar-refractivity contribution in [3.63, 3.8) is 0 Å². The van der Waals surface area contributed by atoms with Gasteiger partial charge in [0.2, 0.25) is 5.91 Å². The topological polar surface area (TPSA) is 53.0 Å². The standard InChI is InChI=1S/C16H22N2O3/c1-12-3-2-4-13(7-12)8-18-14-9-17(5-6-19)10-15(14)21-11-16(18)20/h2-4,7,14-15,19H,5-6,8-11H2,1H3/t14-,15-/m1/s1. The molecular formula is C16H22N2O3. The van der Waals surface area contributed by atoms with Crippen LogP contribution in [0.3, 0.4) is 0 Å². The largest absolute Gasteiger partial charge is 0.395 e. The molecule has 114 valence electrons. The third kappa shape index (κ3) is 3.10. The molecule has 3 rings (SSSR count). The molecular weight excluding hydrogens is 268 g/mol. The fourth-order valence-electron chi connectivity index (χ4n) is 3.28. The molecule has 2 heterocycles. The van der Waals surface area contributed by atoms with Crippen molar-refractivity contribution in [2.45, 2.75) is 25.6 Å². The smallest absolute Gasteiger partial charge is 0.249 e. The predicted molar refractivity (Wildman–Crippen MR) is 78.8 cm³/mol. The van der Waals surface area contributed by atoms with Gasteiger partial charge in [0.25, 0.3) is 0 Å². The van der Waals surface area contributed by atoms with E-state index in [1.54, 1.807) is 0 Å². The average molecular weight is 290 g/mol. The summed E-state index contributed by atoms with van der Waals surface area (Å²) in [6.45, 7) is 5.23. The number of hydrogen-bond donors (Lipinski definition) is 1. The normalized spacial score (nSPS) is 26.2. The Balaban J connectivity index is 1.74. The van der Waals surface area contributed by atoms with Gasteiger partial charge in [-0.05, 0) is 12.5 Å². The van der Waals surface area contributed by atoms with Crippen LogP contribution in [0.1, 0.15) is 11.1 Å². The number of aryl methyl sites for hydroxylation is 1. The number of aliphatic hydroxyl groups excluding tert-OH is 1. The number of amides is 1. The Bertz CT molecular complexity index is 520. The number of benzene rings is 1. The van der Waals surface area contributed by atoms with E-state index >= 15 is 0 Å². The van der Waals surface area contributed by atoms with E-state index in [-0.39, 0.29) is 31.3 Å². The number of β-amino-alcohol motifs (C(OH)–C–C–N with tert-alkyl or cyclic N) is 1. The van der Waals surface area contributed by atoms with Gasteiger partial charge in [-0.3, -0.25) is 9.69 Å². The number of aliphatic hydroxyl groups is 1. The van der Waals surface area contributed by atoms with Crippen LogP contribution in [0.5, 0.6) is 0 Å². The van der Waals surface area contributed by atoms with E-state index in [1.165, 1.54) is 5.56 Å². The molecule has 2 aliphatic rings. The first kappa shape index (κ1) is 14.5. The van der Waals surface area contributed by atoms with Crippen LogP contribution in [-0.2, 0) is 16.1 Å². The molecule has 0 aliphatic carbocycles. The summed E-state index contributed by atoms with van der Waals surface area (Å²) in [5, 5.41) is 9.08. The lowest BCUT2D eigenvalue weighted by Crippen LogP contribution is -2.53. The van der Waals surface area contributed by atoms with Crippen LogP contribution >= 0.6 is 0 Å². The Morgan fingerprint density at radius 2 is 2.24 bits per heavy atom. The SMILES string of the molecule is Cc1cccc(CN2C(=O)CO[C@@H]3CN(CCO)C[C@H]32)c1. The molecule has 2 saturated heterocycles. The van der Waals surface area contributed by atoms with Gasteiger partial charge in [0.05, 0.1) is 18.8 Å². The van der Waals surface area contributed by atoms with Crippen LogP contribution in [0, 0.1) is 6.92 Å². The zero-order chi connectivity index (χ0) is 14.8. The molecule has 5 nitrogen and oxygen atoms in total. The summed E-state index contributed by atoms with van der Waals surface area (Å²) in [4.78, 5) is 16.3. The van der Waals surface area contributed by atoms with Gasteiger partial charge < -0.3 is 14.7 Å². The summed E-state index contributed by atoms with van der Waals surface area (Å²) in [5.41, 5.74) is 2.36. The maximum atomic E-state index is 12.2. The van der Waals surface area contributed by atoms with Gasteiger partial charge in [-0.1, -0.05) is 29.8 Å². The fraction of sp³-hybridized carbons (Fsp3) is 0.562. The van der Waals surface area contributed by atoms with E-state index in [2.05, 4.69) is 30.0 Å². The lowest BCUT2D eigenvalue weighted by atomic mass is 10.1. The molecule has 1 amide bonds. The first-order valence-electron chi connectivity index (χ1n) is 7.47. The van der Waals surface area contributed by atoms with Crippen molar-refractivity contribution < 1.29 is 14.6 Å². The minimum atomic E-state index is 0.0589. The van der Waals surface area contributed by atoms with Gasteiger partial charge in [0.15, 0.2) is 0 Å². The van der Waals surface area contributed by atoms with Crippen molar-refractivity contribution in [2.24, 2.45) is 0 Å². The van der Waals surface area contributed by atoms with Crippen molar-refractivity contribution in [3.05, 3.63) is 35.4 Å². The maximum Gasteiger partial charge on any atom is 0.249 e.